The molecule has 0 aromatic rings. The molecule has 0 saturated heterocycles. The summed E-state index contributed by atoms with van der Waals surface area (Å²) in [7, 11) is 0. The summed E-state index contributed by atoms with van der Waals surface area (Å²) in [6.07, 6.45) is -11.9. The maximum absolute atomic E-state index is 12.1. The van der Waals surface area contributed by atoms with Gasteiger partial charge in [-0.3, -0.25) is 0 Å². The normalized spacial score (nSPS) is 14.0. The maximum atomic E-state index is 12.1. The van der Waals surface area contributed by atoms with Crippen molar-refractivity contribution < 1.29 is 31.4 Å². The Kier molecular flexibility index (Phi) is 6.46. The number of rotatable bonds is 7. The third-order valence-electron chi connectivity index (χ3n) is 3.26. The summed E-state index contributed by atoms with van der Waals surface area (Å²) < 4.78 is 72.8. The van der Waals surface area contributed by atoms with E-state index in [-0.39, 0.29) is 12.8 Å². The topological polar surface area (TPSA) is 19.9 Å². The van der Waals surface area contributed by atoms with E-state index in [0.29, 0.717) is 0 Å². The lowest BCUT2D eigenvalue weighted by Crippen LogP contribution is -2.26. The quantitative estimate of drug-likeness (QED) is 0.591. The number of halogens is 6. The SMILES string of the molecule is CCC(CC[O])(CCC(F)(F)F)CCC(F)(F)F. The van der Waals surface area contributed by atoms with Gasteiger partial charge in [0.25, 0.3) is 0 Å². The van der Waals surface area contributed by atoms with Crippen LogP contribution in [-0.2, 0) is 5.11 Å². The highest BCUT2D eigenvalue weighted by molar-refractivity contribution is 4.80. The molecule has 0 bridgehead atoms. The van der Waals surface area contributed by atoms with Crippen molar-refractivity contribution in [1.82, 2.24) is 0 Å². The Morgan fingerprint density at radius 3 is 1.33 bits per heavy atom. The molecule has 0 atom stereocenters. The van der Waals surface area contributed by atoms with Gasteiger partial charge in [-0.1, -0.05) is 13.3 Å². The second-order valence-corrected chi connectivity index (χ2v) is 4.54. The molecule has 0 aromatic heterocycles. The first kappa shape index (κ1) is 17.5. The van der Waals surface area contributed by atoms with Crippen molar-refractivity contribution in [2.24, 2.45) is 5.41 Å². The Morgan fingerprint density at radius 1 is 0.722 bits per heavy atom. The summed E-state index contributed by atoms with van der Waals surface area (Å²) in [4.78, 5) is 0. The molecule has 7 heteroatoms. The van der Waals surface area contributed by atoms with Gasteiger partial charge in [-0.25, -0.2) is 5.11 Å². The summed E-state index contributed by atoms with van der Waals surface area (Å²) in [5, 5.41) is 10.6. The minimum Gasteiger partial charge on any atom is -0.237 e. The van der Waals surface area contributed by atoms with E-state index < -0.39 is 50.1 Å². The van der Waals surface area contributed by atoms with Crippen LogP contribution in [0.15, 0.2) is 0 Å². The molecule has 0 fully saturated rings. The zero-order valence-corrected chi connectivity index (χ0v) is 10.1. The van der Waals surface area contributed by atoms with Crippen LogP contribution < -0.4 is 0 Å². The van der Waals surface area contributed by atoms with Gasteiger partial charge in [0, 0.05) is 12.8 Å². The van der Waals surface area contributed by atoms with E-state index in [0.717, 1.165) is 0 Å². The summed E-state index contributed by atoms with van der Waals surface area (Å²) in [5.41, 5.74) is -1.15. The average Bonchev–Trinajstić information content (AvgIpc) is 2.20. The van der Waals surface area contributed by atoms with Gasteiger partial charge in [0.05, 0.1) is 6.61 Å². The van der Waals surface area contributed by atoms with Gasteiger partial charge < -0.3 is 0 Å². The van der Waals surface area contributed by atoms with Crippen LogP contribution in [0.2, 0.25) is 0 Å². The molecule has 109 valence electrons. The van der Waals surface area contributed by atoms with Gasteiger partial charge in [0.1, 0.15) is 0 Å². The third-order valence-corrected chi connectivity index (χ3v) is 3.26. The predicted octanol–water partition coefficient (Wildman–Crippen LogP) is 4.89. The summed E-state index contributed by atoms with van der Waals surface area (Å²) in [5.74, 6) is 0. The first-order valence-corrected chi connectivity index (χ1v) is 5.75. The molecule has 0 spiro atoms. The molecule has 0 aliphatic heterocycles. The van der Waals surface area contributed by atoms with Gasteiger partial charge in [-0.2, -0.15) is 26.3 Å². The first-order valence-electron chi connectivity index (χ1n) is 5.75. The summed E-state index contributed by atoms with van der Waals surface area (Å²) in [6.45, 7) is 0.881. The van der Waals surface area contributed by atoms with Gasteiger partial charge in [-0.05, 0) is 24.7 Å². The lowest BCUT2D eigenvalue weighted by Gasteiger charge is -2.33. The van der Waals surface area contributed by atoms with Crippen molar-refractivity contribution in [2.75, 3.05) is 6.61 Å². The zero-order chi connectivity index (χ0) is 14.4. The Balaban J connectivity index is 4.60. The van der Waals surface area contributed by atoms with E-state index >= 15 is 0 Å². The van der Waals surface area contributed by atoms with Crippen molar-refractivity contribution in [2.45, 2.75) is 57.8 Å². The van der Waals surface area contributed by atoms with Crippen LogP contribution in [0.1, 0.15) is 45.4 Å². The molecule has 18 heavy (non-hydrogen) atoms. The molecule has 0 heterocycles. The molecular formula is C11H17F6O. The maximum Gasteiger partial charge on any atom is 0.389 e. The van der Waals surface area contributed by atoms with Crippen LogP contribution in [-0.4, -0.2) is 19.0 Å². The summed E-state index contributed by atoms with van der Waals surface area (Å²) >= 11 is 0. The highest BCUT2D eigenvalue weighted by Gasteiger charge is 2.38. The minimum atomic E-state index is -4.40. The lowest BCUT2D eigenvalue weighted by atomic mass is 9.74. The van der Waals surface area contributed by atoms with Gasteiger partial charge >= 0.3 is 12.4 Å². The molecule has 0 N–H and O–H groups in total. The minimum absolute atomic E-state index is 0.143. The monoisotopic (exact) mass is 279 g/mol. The molecule has 0 rings (SSSR count). The van der Waals surface area contributed by atoms with Crippen LogP contribution in [0.3, 0.4) is 0 Å². The fraction of sp³-hybridized carbons (Fsp3) is 1.00. The summed E-state index contributed by atoms with van der Waals surface area (Å²) in [6, 6.07) is 0. The molecule has 1 radical (unpaired) electrons. The lowest BCUT2D eigenvalue weighted by molar-refractivity contribution is -0.151. The van der Waals surface area contributed by atoms with E-state index in [9.17, 15) is 31.4 Å². The van der Waals surface area contributed by atoms with Crippen LogP contribution in [0.4, 0.5) is 26.3 Å². The molecule has 0 saturated carbocycles. The average molecular weight is 279 g/mol. The number of hydrogen-bond donors (Lipinski definition) is 0. The van der Waals surface area contributed by atoms with Crippen molar-refractivity contribution in [1.29, 1.82) is 0 Å². The van der Waals surface area contributed by atoms with Crippen molar-refractivity contribution >= 4 is 0 Å². The van der Waals surface area contributed by atoms with Crippen molar-refractivity contribution in [3.63, 3.8) is 0 Å². The van der Waals surface area contributed by atoms with Gasteiger partial charge in [0.2, 0.25) is 0 Å². The Bertz CT molecular complexity index is 215. The highest BCUT2D eigenvalue weighted by atomic mass is 19.4. The second-order valence-electron chi connectivity index (χ2n) is 4.54. The van der Waals surface area contributed by atoms with Gasteiger partial charge in [0.15, 0.2) is 0 Å². The van der Waals surface area contributed by atoms with Gasteiger partial charge in [-0.15, -0.1) is 0 Å². The van der Waals surface area contributed by atoms with Crippen LogP contribution in [0.25, 0.3) is 0 Å². The van der Waals surface area contributed by atoms with Crippen molar-refractivity contribution in [3.05, 3.63) is 0 Å². The van der Waals surface area contributed by atoms with E-state index in [1.54, 1.807) is 0 Å². The zero-order valence-electron chi connectivity index (χ0n) is 10.1. The molecule has 0 unspecified atom stereocenters. The highest BCUT2D eigenvalue weighted by Crippen LogP contribution is 2.42. The second kappa shape index (κ2) is 6.63. The number of hydrogen-bond acceptors (Lipinski definition) is 0. The smallest absolute Gasteiger partial charge is 0.237 e. The van der Waals surface area contributed by atoms with E-state index in [2.05, 4.69) is 0 Å². The standard InChI is InChI=1S/C11H17F6O/c1-2-9(7-8-18,3-5-10(12,13)14)4-6-11(15,16)17/h2-8H2,1H3. The largest absolute Gasteiger partial charge is 0.389 e. The molecule has 0 aliphatic carbocycles. The van der Waals surface area contributed by atoms with E-state index in [4.69, 9.17) is 0 Å². The molecule has 0 aliphatic rings. The van der Waals surface area contributed by atoms with Crippen LogP contribution >= 0.6 is 0 Å². The molecular weight excluding hydrogens is 262 g/mol. The van der Waals surface area contributed by atoms with Crippen LogP contribution in [0.5, 0.6) is 0 Å². The Labute approximate surface area is 102 Å². The molecule has 1 nitrogen and oxygen atoms in total. The molecule has 0 aromatic carbocycles. The predicted molar refractivity (Wildman–Crippen MR) is 53.5 cm³/mol. The van der Waals surface area contributed by atoms with E-state index in [1.165, 1.54) is 6.92 Å². The third kappa shape index (κ3) is 7.79. The Hall–Kier alpha value is -0.460. The first-order chi connectivity index (χ1) is 8.04. The van der Waals surface area contributed by atoms with Crippen molar-refractivity contribution in [3.8, 4) is 0 Å². The van der Waals surface area contributed by atoms with Crippen LogP contribution in [0, 0.1) is 5.41 Å². The molecule has 0 amide bonds. The Morgan fingerprint density at radius 2 is 1.11 bits per heavy atom. The fourth-order valence-electron chi connectivity index (χ4n) is 1.94. The van der Waals surface area contributed by atoms with E-state index in [1.807, 2.05) is 0 Å². The fourth-order valence-corrected chi connectivity index (χ4v) is 1.94. The number of alkyl halides is 6.